The van der Waals surface area contributed by atoms with E-state index in [0.717, 1.165) is 34.5 Å². The zero-order chi connectivity index (χ0) is 28.5. The van der Waals surface area contributed by atoms with Gasteiger partial charge in [0.25, 0.3) is 5.91 Å². The summed E-state index contributed by atoms with van der Waals surface area (Å²) in [6.45, 7) is 6.75. The highest BCUT2D eigenvalue weighted by Gasteiger charge is 2.15. The Hall–Kier alpha value is -4.28. The molecule has 0 aliphatic rings. The molecule has 0 spiro atoms. The first-order valence-corrected chi connectivity index (χ1v) is 13.4. The average Bonchev–Trinajstić information content (AvgIpc) is 2.98. The molecule has 0 fully saturated rings. The molecule has 0 atom stereocenters. The maximum atomic E-state index is 12.5. The minimum absolute atomic E-state index is 0.245. The summed E-state index contributed by atoms with van der Waals surface area (Å²) in [5.74, 6) is 1.17. The lowest BCUT2D eigenvalue weighted by molar-refractivity contribution is 0.0948. The Morgan fingerprint density at radius 3 is 2.42 bits per heavy atom. The molecule has 0 unspecified atom stereocenters. The molecule has 2 heterocycles. The fourth-order valence-corrected chi connectivity index (χ4v) is 4.24. The van der Waals surface area contributed by atoms with Crippen LogP contribution in [-0.4, -0.2) is 67.3 Å². The van der Waals surface area contributed by atoms with Crippen molar-refractivity contribution in [1.29, 1.82) is 0 Å². The molecule has 2 aromatic heterocycles. The quantitative estimate of drug-likeness (QED) is 0.215. The number of nitrogens with two attached hydrogens (primary N) is 1. The Labute approximate surface area is 234 Å². The average molecular weight is 544 g/mol. The molecule has 4 N–H and O–H groups in total. The number of methoxy groups -OCH3 is 2. The van der Waals surface area contributed by atoms with Crippen molar-refractivity contribution in [3.05, 3.63) is 66.6 Å². The highest BCUT2D eigenvalue weighted by atomic mass is 16.5. The van der Waals surface area contributed by atoms with Gasteiger partial charge in [-0.2, -0.15) is 0 Å². The standard InChI is InChI=1S/C30H37N7O3/c1-20(2)32-12-13-37(23-15-24(39-3)18-25(16-23)40-4)22-6-7-26-27(17-22)36-29(19-35-26)21-8-11-33-28(14-21)30(38)34-10-5-9-31/h6-8,11,14-20,32H,5,9-10,12-13,31H2,1-4H3,(H,34,38). The molecule has 10 heteroatoms. The molecule has 10 nitrogen and oxygen atoms in total. The van der Waals surface area contributed by atoms with Crippen molar-refractivity contribution in [3.63, 3.8) is 0 Å². The number of rotatable bonds is 13. The largest absolute Gasteiger partial charge is 0.497 e. The summed E-state index contributed by atoms with van der Waals surface area (Å²) >= 11 is 0. The van der Waals surface area contributed by atoms with Gasteiger partial charge in [0.05, 0.1) is 37.1 Å². The number of carbonyl (C=O) groups excluding carboxylic acids is 1. The van der Waals surface area contributed by atoms with E-state index in [0.29, 0.717) is 55.0 Å². The lowest BCUT2D eigenvalue weighted by Crippen LogP contribution is -2.32. The first kappa shape index (κ1) is 28.7. The predicted octanol–water partition coefficient (Wildman–Crippen LogP) is 3.92. The zero-order valence-corrected chi connectivity index (χ0v) is 23.5. The van der Waals surface area contributed by atoms with Crippen molar-refractivity contribution < 1.29 is 14.3 Å². The van der Waals surface area contributed by atoms with Crippen molar-refractivity contribution in [1.82, 2.24) is 25.6 Å². The maximum absolute atomic E-state index is 12.5. The number of hydrogen-bond acceptors (Lipinski definition) is 9. The van der Waals surface area contributed by atoms with Gasteiger partial charge >= 0.3 is 0 Å². The number of fused-ring (bicyclic) bond motifs is 1. The van der Waals surface area contributed by atoms with E-state index < -0.39 is 0 Å². The van der Waals surface area contributed by atoms with Gasteiger partial charge < -0.3 is 30.7 Å². The Kier molecular flexibility index (Phi) is 9.82. The van der Waals surface area contributed by atoms with Crippen LogP contribution in [0.5, 0.6) is 11.5 Å². The van der Waals surface area contributed by atoms with Crippen LogP contribution in [-0.2, 0) is 0 Å². The molecule has 0 saturated heterocycles. The third-order valence-corrected chi connectivity index (χ3v) is 6.33. The van der Waals surface area contributed by atoms with Crippen molar-refractivity contribution in [3.8, 4) is 22.8 Å². The number of anilines is 2. The molecule has 40 heavy (non-hydrogen) atoms. The van der Waals surface area contributed by atoms with Crippen LogP contribution in [0.1, 0.15) is 30.8 Å². The van der Waals surface area contributed by atoms with Gasteiger partial charge in [0.1, 0.15) is 17.2 Å². The number of carbonyl (C=O) groups is 1. The van der Waals surface area contributed by atoms with Crippen LogP contribution in [0.4, 0.5) is 11.4 Å². The first-order chi connectivity index (χ1) is 19.4. The Morgan fingerprint density at radius 2 is 1.73 bits per heavy atom. The molecule has 210 valence electrons. The SMILES string of the molecule is COc1cc(OC)cc(N(CCNC(C)C)c2ccc3ncc(-c4ccnc(C(=O)NCCCN)c4)nc3c2)c1. The number of ether oxygens (including phenoxy) is 2. The lowest BCUT2D eigenvalue weighted by Gasteiger charge is -2.27. The third kappa shape index (κ3) is 7.22. The van der Waals surface area contributed by atoms with Gasteiger partial charge in [-0.15, -0.1) is 0 Å². The Bertz CT molecular complexity index is 1420. The number of nitrogens with zero attached hydrogens (tertiary/aromatic N) is 4. The minimum atomic E-state index is -0.245. The second-order valence-electron chi connectivity index (χ2n) is 9.59. The molecular weight excluding hydrogens is 506 g/mol. The summed E-state index contributed by atoms with van der Waals surface area (Å²) in [6, 6.07) is 15.8. The number of hydrogen-bond donors (Lipinski definition) is 3. The van der Waals surface area contributed by atoms with E-state index in [1.54, 1.807) is 32.7 Å². The van der Waals surface area contributed by atoms with Gasteiger partial charge in [-0.05, 0) is 43.3 Å². The number of pyridine rings is 1. The fourth-order valence-electron chi connectivity index (χ4n) is 4.24. The van der Waals surface area contributed by atoms with Gasteiger partial charge in [-0.25, -0.2) is 4.98 Å². The van der Waals surface area contributed by atoms with Crippen LogP contribution in [0, 0.1) is 0 Å². The molecule has 0 radical (unpaired) electrons. The summed E-state index contributed by atoms with van der Waals surface area (Å²) in [5, 5.41) is 6.33. The monoisotopic (exact) mass is 543 g/mol. The van der Waals surface area contributed by atoms with Gasteiger partial charge in [-0.3, -0.25) is 14.8 Å². The molecule has 0 aliphatic heterocycles. The number of benzene rings is 2. The van der Waals surface area contributed by atoms with Crippen LogP contribution in [0.15, 0.2) is 60.9 Å². The summed E-state index contributed by atoms with van der Waals surface area (Å²) in [6.07, 6.45) is 4.02. The summed E-state index contributed by atoms with van der Waals surface area (Å²) in [7, 11) is 3.29. The molecule has 0 saturated carbocycles. The van der Waals surface area contributed by atoms with E-state index in [4.69, 9.17) is 20.2 Å². The van der Waals surface area contributed by atoms with E-state index >= 15 is 0 Å². The van der Waals surface area contributed by atoms with E-state index in [-0.39, 0.29) is 5.91 Å². The minimum Gasteiger partial charge on any atom is -0.497 e. The topological polar surface area (TPSA) is 128 Å². The van der Waals surface area contributed by atoms with Crippen molar-refractivity contribution in [2.75, 3.05) is 45.3 Å². The highest BCUT2D eigenvalue weighted by molar-refractivity contribution is 5.93. The van der Waals surface area contributed by atoms with E-state index in [9.17, 15) is 4.79 Å². The van der Waals surface area contributed by atoms with E-state index in [1.165, 1.54) is 0 Å². The van der Waals surface area contributed by atoms with Crippen LogP contribution in [0.2, 0.25) is 0 Å². The van der Waals surface area contributed by atoms with Gasteiger partial charge in [0.2, 0.25) is 0 Å². The zero-order valence-electron chi connectivity index (χ0n) is 23.5. The van der Waals surface area contributed by atoms with E-state index in [2.05, 4.69) is 39.3 Å². The second kappa shape index (κ2) is 13.7. The van der Waals surface area contributed by atoms with Crippen LogP contribution < -0.4 is 30.7 Å². The number of amides is 1. The number of aromatic nitrogens is 3. The van der Waals surface area contributed by atoms with Crippen LogP contribution >= 0.6 is 0 Å². The Morgan fingerprint density at radius 1 is 0.950 bits per heavy atom. The molecule has 1 amide bonds. The van der Waals surface area contributed by atoms with Crippen molar-refractivity contribution in [2.45, 2.75) is 26.3 Å². The fraction of sp³-hybridized carbons (Fsp3) is 0.333. The molecule has 0 bridgehead atoms. The normalized spacial score (nSPS) is 11.1. The van der Waals surface area contributed by atoms with E-state index in [1.807, 2.05) is 42.5 Å². The van der Waals surface area contributed by atoms with Gasteiger partial charge in [0, 0.05) is 67.0 Å². The Balaban J connectivity index is 1.69. The van der Waals surface area contributed by atoms with Gasteiger partial charge in [0.15, 0.2) is 0 Å². The number of nitrogens with one attached hydrogen (secondary N) is 2. The lowest BCUT2D eigenvalue weighted by atomic mass is 10.1. The second-order valence-corrected chi connectivity index (χ2v) is 9.59. The maximum Gasteiger partial charge on any atom is 0.269 e. The van der Waals surface area contributed by atoms with Crippen LogP contribution in [0.3, 0.4) is 0 Å². The molecule has 4 rings (SSSR count). The molecular formula is C30H37N7O3. The smallest absolute Gasteiger partial charge is 0.269 e. The highest BCUT2D eigenvalue weighted by Crippen LogP contribution is 2.34. The summed E-state index contributed by atoms with van der Waals surface area (Å²) < 4.78 is 11.1. The van der Waals surface area contributed by atoms with Gasteiger partial charge in [-0.1, -0.05) is 13.8 Å². The molecule has 4 aromatic rings. The third-order valence-electron chi connectivity index (χ3n) is 6.33. The summed E-state index contributed by atoms with van der Waals surface area (Å²) in [5.41, 5.74) is 10.6. The molecule has 0 aliphatic carbocycles. The first-order valence-electron chi connectivity index (χ1n) is 13.4. The predicted molar refractivity (Wildman–Crippen MR) is 158 cm³/mol. The van der Waals surface area contributed by atoms with Crippen LogP contribution in [0.25, 0.3) is 22.3 Å². The van der Waals surface area contributed by atoms with Crippen molar-refractivity contribution in [2.24, 2.45) is 5.73 Å². The van der Waals surface area contributed by atoms with Crippen molar-refractivity contribution >= 4 is 28.3 Å². The summed E-state index contributed by atoms with van der Waals surface area (Å²) in [4.78, 5) is 28.5. The molecule has 2 aromatic carbocycles.